The Balaban J connectivity index is 1.85. The molecule has 0 radical (unpaired) electrons. The molecule has 1 aliphatic carbocycles. The van der Waals surface area contributed by atoms with Gasteiger partial charge in [0.05, 0.1) is 11.2 Å². The van der Waals surface area contributed by atoms with Crippen molar-refractivity contribution in [2.45, 2.75) is 25.4 Å². The monoisotopic (exact) mass is 299 g/mol. The topological polar surface area (TPSA) is 46.9 Å². The van der Waals surface area contributed by atoms with Crippen LogP contribution in [0.2, 0.25) is 5.02 Å². The molecule has 0 atom stereocenters. The van der Waals surface area contributed by atoms with E-state index < -0.39 is 0 Å². The number of aromatic nitrogens is 2. The average molecular weight is 300 g/mol. The molecule has 1 N–H and O–H groups in total. The second-order valence-electron chi connectivity index (χ2n) is 5.05. The van der Waals surface area contributed by atoms with Crippen molar-refractivity contribution in [3.8, 4) is 12.3 Å². The van der Waals surface area contributed by atoms with Crippen LogP contribution >= 0.6 is 11.6 Å². The number of nitrogens with one attached hydrogen (secondary N) is 1. The lowest BCUT2D eigenvalue weighted by atomic mass is 10.1. The first-order valence-corrected chi connectivity index (χ1v) is 7.09. The molecular formula is C16H14ClN3O. The first-order chi connectivity index (χ1) is 10.2. The Hall–Kier alpha value is -2.25. The maximum Gasteiger partial charge on any atom is 0.292 e. The molecule has 2 aromatic rings. The third-order valence-electron chi connectivity index (χ3n) is 3.64. The molecule has 0 fully saturated rings. The van der Waals surface area contributed by atoms with E-state index in [4.69, 9.17) is 18.0 Å². The molecule has 1 aromatic carbocycles. The smallest absolute Gasteiger partial charge is 0.292 e. The number of hydrogen-bond donors (Lipinski definition) is 1. The van der Waals surface area contributed by atoms with E-state index in [1.54, 1.807) is 0 Å². The van der Waals surface area contributed by atoms with E-state index >= 15 is 0 Å². The van der Waals surface area contributed by atoms with Crippen molar-refractivity contribution in [1.29, 1.82) is 0 Å². The van der Waals surface area contributed by atoms with Crippen LogP contribution in [0.4, 0.5) is 5.69 Å². The quantitative estimate of drug-likeness (QED) is 0.883. The summed E-state index contributed by atoms with van der Waals surface area (Å²) in [4.78, 5) is 12.3. The molecule has 4 nitrogen and oxygen atoms in total. The van der Waals surface area contributed by atoms with Crippen LogP contribution in [0.5, 0.6) is 0 Å². The Morgan fingerprint density at radius 2 is 2.05 bits per heavy atom. The summed E-state index contributed by atoms with van der Waals surface area (Å²) in [6.45, 7) is 0.134. The molecule has 1 aromatic heterocycles. The van der Waals surface area contributed by atoms with Crippen molar-refractivity contribution < 1.29 is 0 Å². The minimum Gasteiger partial charge on any atom is -0.376 e. The van der Waals surface area contributed by atoms with Crippen LogP contribution < -0.4 is 10.9 Å². The summed E-state index contributed by atoms with van der Waals surface area (Å²) in [5.41, 5.74) is 2.71. The van der Waals surface area contributed by atoms with E-state index in [1.807, 2.05) is 12.1 Å². The number of rotatable bonds is 3. The Kier molecular flexibility index (Phi) is 3.68. The maximum absolute atomic E-state index is 12.3. The summed E-state index contributed by atoms with van der Waals surface area (Å²) >= 11 is 6.10. The van der Waals surface area contributed by atoms with Gasteiger partial charge in [-0.1, -0.05) is 41.8 Å². The number of fused-ring (bicyclic) bond motifs is 1. The number of anilines is 1. The van der Waals surface area contributed by atoms with Gasteiger partial charge >= 0.3 is 0 Å². The van der Waals surface area contributed by atoms with Gasteiger partial charge in [0.2, 0.25) is 0 Å². The number of hydrogen-bond acceptors (Lipinski definition) is 3. The van der Waals surface area contributed by atoms with Gasteiger partial charge in [0.15, 0.2) is 0 Å². The summed E-state index contributed by atoms with van der Waals surface area (Å²) in [5.74, 6) is 2.41. The van der Waals surface area contributed by atoms with Gasteiger partial charge in [-0.3, -0.25) is 4.79 Å². The van der Waals surface area contributed by atoms with Crippen LogP contribution in [0.1, 0.15) is 11.1 Å². The second-order valence-corrected chi connectivity index (χ2v) is 5.46. The molecule has 3 rings (SSSR count). The van der Waals surface area contributed by atoms with E-state index in [0.29, 0.717) is 10.7 Å². The van der Waals surface area contributed by atoms with Gasteiger partial charge < -0.3 is 5.32 Å². The minimum absolute atomic E-state index is 0.134. The Labute approximate surface area is 127 Å². The molecule has 0 saturated heterocycles. The molecule has 5 heteroatoms. The first-order valence-electron chi connectivity index (χ1n) is 6.71. The zero-order valence-corrected chi connectivity index (χ0v) is 12.1. The van der Waals surface area contributed by atoms with Gasteiger partial charge in [-0.2, -0.15) is 5.10 Å². The second kappa shape index (κ2) is 5.63. The number of halogens is 1. The molecule has 1 heterocycles. The molecule has 21 heavy (non-hydrogen) atoms. The minimum atomic E-state index is -0.281. The predicted molar refractivity (Wildman–Crippen MR) is 83.6 cm³/mol. The Morgan fingerprint density at radius 3 is 2.67 bits per heavy atom. The highest BCUT2D eigenvalue weighted by Crippen LogP contribution is 2.25. The maximum atomic E-state index is 12.3. The number of benzene rings is 1. The Bertz CT molecular complexity index is 751. The lowest BCUT2D eigenvalue weighted by Gasteiger charge is -2.15. The molecule has 0 bridgehead atoms. The van der Waals surface area contributed by atoms with E-state index in [1.165, 1.54) is 22.0 Å². The molecule has 0 unspecified atom stereocenters. The number of nitrogens with zero attached hydrogens (tertiary/aromatic N) is 2. The largest absolute Gasteiger partial charge is 0.376 e. The average Bonchev–Trinajstić information content (AvgIpc) is 2.89. The van der Waals surface area contributed by atoms with Crippen LogP contribution in [-0.2, 0) is 19.4 Å². The van der Waals surface area contributed by atoms with Crippen LogP contribution in [0.3, 0.4) is 0 Å². The molecular weight excluding hydrogens is 286 g/mol. The van der Waals surface area contributed by atoms with E-state index in [-0.39, 0.29) is 18.1 Å². The van der Waals surface area contributed by atoms with Crippen molar-refractivity contribution in [2.75, 3.05) is 5.32 Å². The molecule has 0 aliphatic heterocycles. The standard InChI is InChI=1S/C16H14ClN3O/c1-2-7-20-16(21)15(14(17)10-18-20)19-13-8-11-5-3-4-6-12(11)9-13/h1,3-6,10,13,19H,7-9H2. The van der Waals surface area contributed by atoms with Crippen molar-refractivity contribution in [3.63, 3.8) is 0 Å². The highest BCUT2D eigenvalue weighted by atomic mass is 35.5. The summed E-state index contributed by atoms with van der Waals surface area (Å²) in [6.07, 6.45) is 8.44. The zero-order chi connectivity index (χ0) is 14.8. The third kappa shape index (κ3) is 2.65. The van der Waals surface area contributed by atoms with Gasteiger partial charge in [0, 0.05) is 6.04 Å². The van der Waals surface area contributed by atoms with Crippen molar-refractivity contribution >= 4 is 17.3 Å². The van der Waals surface area contributed by atoms with Gasteiger partial charge in [0.1, 0.15) is 12.2 Å². The molecule has 1 aliphatic rings. The van der Waals surface area contributed by atoms with Crippen LogP contribution in [0, 0.1) is 12.3 Å². The fraction of sp³-hybridized carbons (Fsp3) is 0.250. The van der Waals surface area contributed by atoms with Crippen LogP contribution in [0.15, 0.2) is 35.3 Å². The van der Waals surface area contributed by atoms with Crippen LogP contribution in [0.25, 0.3) is 0 Å². The third-order valence-corrected chi connectivity index (χ3v) is 3.92. The van der Waals surface area contributed by atoms with Gasteiger partial charge in [-0.05, 0) is 24.0 Å². The summed E-state index contributed by atoms with van der Waals surface area (Å²) < 4.78 is 1.23. The van der Waals surface area contributed by atoms with Crippen LogP contribution in [-0.4, -0.2) is 15.8 Å². The highest BCUT2D eigenvalue weighted by Gasteiger charge is 2.22. The summed E-state index contributed by atoms with van der Waals surface area (Å²) in [6, 6.07) is 8.44. The predicted octanol–water partition coefficient (Wildman–Crippen LogP) is 2.11. The molecule has 0 saturated carbocycles. The Morgan fingerprint density at radius 1 is 1.38 bits per heavy atom. The first kappa shape index (κ1) is 13.7. The SMILES string of the molecule is C#CCn1ncc(Cl)c(NC2Cc3ccccc3C2)c1=O. The van der Waals surface area contributed by atoms with E-state index in [0.717, 1.165) is 12.8 Å². The number of terminal acetylenes is 1. The molecule has 0 spiro atoms. The van der Waals surface area contributed by atoms with Gasteiger partial charge in [-0.25, -0.2) is 4.68 Å². The molecule has 0 amide bonds. The van der Waals surface area contributed by atoms with Crippen molar-refractivity contribution in [3.05, 3.63) is 57.0 Å². The van der Waals surface area contributed by atoms with E-state index in [9.17, 15) is 4.79 Å². The fourth-order valence-corrected chi connectivity index (χ4v) is 2.84. The van der Waals surface area contributed by atoms with Gasteiger partial charge in [0.25, 0.3) is 5.56 Å². The lowest BCUT2D eigenvalue weighted by Crippen LogP contribution is -2.30. The summed E-state index contributed by atoms with van der Waals surface area (Å²) in [7, 11) is 0. The lowest BCUT2D eigenvalue weighted by molar-refractivity contribution is 0.660. The van der Waals surface area contributed by atoms with Crippen molar-refractivity contribution in [2.24, 2.45) is 0 Å². The molecule has 106 valence electrons. The summed E-state index contributed by atoms with van der Waals surface area (Å²) in [5, 5.41) is 7.50. The fourth-order valence-electron chi connectivity index (χ4n) is 2.66. The highest BCUT2D eigenvalue weighted by molar-refractivity contribution is 6.33. The van der Waals surface area contributed by atoms with E-state index in [2.05, 4.69) is 28.5 Å². The zero-order valence-electron chi connectivity index (χ0n) is 11.3. The van der Waals surface area contributed by atoms with Gasteiger partial charge in [-0.15, -0.1) is 6.42 Å². The van der Waals surface area contributed by atoms with Crippen molar-refractivity contribution in [1.82, 2.24) is 9.78 Å². The normalized spacial score (nSPS) is 13.7.